The Kier molecular flexibility index (Phi) is 8.24. The molecule has 0 bridgehead atoms. The number of halogens is 2. The van der Waals surface area contributed by atoms with Crippen LogP contribution >= 0.6 is 0 Å². The van der Waals surface area contributed by atoms with E-state index in [1.807, 2.05) is 13.8 Å². The molecule has 0 aliphatic rings. The number of nitrogens with zero attached hydrogens (tertiary/aromatic N) is 1. The molecule has 2 aromatic carbocycles. The van der Waals surface area contributed by atoms with Gasteiger partial charge in [-0.25, -0.2) is 8.78 Å². The van der Waals surface area contributed by atoms with Crippen molar-refractivity contribution in [2.75, 3.05) is 18.4 Å². The first-order valence-electron chi connectivity index (χ1n) is 10.1. The molecule has 0 aliphatic heterocycles. The van der Waals surface area contributed by atoms with Gasteiger partial charge in [-0.15, -0.1) is 0 Å². The summed E-state index contributed by atoms with van der Waals surface area (Å²) in [6.45, 7) is 8.26. The first-order valence-corrected chi connectivity index (χ1v) is 10.1. The van der Waals surface area contributed by atoms with Gasteiger partial charge in [-0.1, -0.05) is 26.0 Å². The van der Waals surface area contributed by atoms with Crippen LogP contribution in [0.3, 0.4) is 0 Å². The quantitative estimate of drug-likeness (QED) is 0.667. The average molecular weight is 431 g/mol. The molecule has 6 nitrogen and oxygen atoms in total. The summed E-state index contributed by atoms with van der Waals surface area (Å²) in [6, 6.07) is 8.51. The number of hydrogen-bond acceptors (Lipinski definition) is 3. The number of benzene rings is 2. The molecule has 2 aromatic rings. The van der Waals surface area contributed by atoms with E-state index < -0.39 is 35.1 Å². The van der Waals surface area contributed by atoms with Crippen LogP contribution in [0.25, 0.3) is 0 Å². The van der Waals surface area contributed by atoms with Gasteiger partial charge in [0, 0.05) is 24.3 Å². The van der Waals surface area contributed by atoms with Crippen LogP contribution in [0.4, 0.5) is 14.5 Å². The lowest BCUT2D eigenvalue weighted by Gasteiger charge is -2.22. The van der Waals surface area contributed by atoms with Crippen molar-refractivity contribution in [1.29, 1.82) is 0 Å². The molecular weight excluding hydrogens is 404 g/mol. The second-order valence-electron chi connectivity index (χ2n) is 7.34. The predicted molar refractivity (Wildman–Crippen MR) is 115 cm³/mol. The summed E-state index contributed by atoms with van der Waals surface area (Å²) in [6.07, 6.45) is 0. The molecule has 0 radical (unpaired) electrons. The lowest BCUT2D eigenvalue weighted by atomic mass is 10.0. The van der Waals surface area contributed by atoms with E-state index in [9.17, 15) is 23.2 Å². The molecule has 0 aliphatic carbocycles. The van der Waals surface area contributed by atoms with Crippen molar-refractivity contribution in [3.63, 3.8) is 0 Å². The zero-order valence-electron chi connectivity index (χ0n) is 18.0. The van der Waals surface area contributed by atoms with Crippen molar-refractivity contribution in [2.45, 2.75) is 33.7 Å². The van der Waals surface area contributed by atoms with E-state index in [2.05, 4.69) is 10.6 Å². The van der Waals surface area contributed by atoms with Crippen molar-refractivity contribution < 1.29 is 23.2 Å². The van der Waals surface area contributed by atoms with Crippen molar-refractivity contribution in [3.05, 3.63) is 65.2 Å². The van der Waals surface area contributed by atoms with Gasteiger partial charge in [-0.3, -0.25) is 14.4 Å². The molecule has 2 N–H and O–H groups in total. The Morgan fingerprint density at radius 1 is 0.968 bits per heavy atom. The Bertz CT molecular complexity index is 939. The van der Waals surface area contributed by atoms with E-state index in [0.717, 1.165) is 18.2 Å². The van der Waals surface area contributed by atoms with E-state index >= 15 is 0 Å². The Morgan fingerprint density at radius 3 is 2.10 bits per heavy atom. The molecule has 1 unspecified atom stereocenters. The first kappa shape index (κ1) is 24.0. The van der Waals surface area contributed by atoms with Gasteiger partial charge in [0.1, 0.15) is 23.2 Å². The minimum absolute atomic E-state index is 0.162. The fraction of sp³-hybridized carbons (Fsp3) is 0.348. The Morgan fingerprint density at radius 2 is 1.55 bits per heavy atom. The molecule has 166 valence electrons. The van der Waals surface area contributed by atoms with Crippen LogP contribution in [0.15, 0.2) is 42.5 Å². The maximum atomic E-state index is 13.9. The molecule has 0 heterocycles. The number of amides is 3. The van der Waals surface area contributed by atoms with Gasteiger partial charge in [0.2, 0.25) is 5.91 Å². The fourth-order valence-corrected chi connectivity index (χ4v) is 3.11. The van der Waals surface area contributed by atoms with Gasteiger partial charge in [-0.05, 0) is 50.1 Å². The summed E-state index contributed by atoms with van der Waals surface area (Å²) >= 11 is 0. The van der Waals surface area contributed by atoms with E-state index in [4.69, 9.17) is 0 Å². The van der Waals surface area contributed by atoms with Crippen molar-refractivity contribution >= 4 is 23.4 Å². The standard InChI is InChI=1S/C23H27F2N3O3/c1-5-28(6-2)23(31)15-9-7-10-16(13-15)26-22(30)20(14(3)4)27-21(29)19-17(24)11-8-12-18(19)25/h7-14,20H,5-6H2,1-4H3,(H,26,30)(H,27,29). The second kappa shape index (κ2) is 10.7. The highest BCUT2D eigenvalue weighted by molar-refractivity contribution is 6.02. The molecule has 31 heavy (non-hydrogen) atoms. The topological polar surface area (TPSA) is 78.5 Å². The van der Waals surface area contributed by atoms with Crippen LogP contribution in [0.2, 0.25) is 0 Å². The molecule has 1 atom stereocenters. The Balaban J connectivity index is 2.19. The highest BCUT2D eigenvalue weighted by atomic mass is 19.1. The zero-order chi connectivity index (χ0) is 23.1. The number of nitrogens with one attached hydrogen (secondary N) is 2. The molecule has 3 amide bonds. The van der Waals surface area contributed by atoms with Crippen LogP contribution in [0.5, 0.6) is 0 Å². The lowest BCUT2D eigenvalue weighted by molar-refractivity contribution is -0.118. The Hall–Kier alpha value is -3.29. The summed E-state index contributed by atoms with van der Waals surface area (Å²) in [5.74, 6) is -4.13. The lowest BCUT2D eigenvalue weighted by Crippen LogP contribution is -2.47. The molecule has 0 fully saturated rings. The van der Waals surface area contributed by atoms with Crippen LogP contribution in [0, 0.1) is 17.6 Å². The molecule has 0 spiro atoms. The smallest absolute Gasteiger partial charge is 0.257 e. The van der Waals surface area contributed by atoms with Gasteiger partial charge in [0.15, 0.2) is 0 Å². The van der Waals surface area contributed by atoms with Gasteiger partial charge in [0.25, 0.3) is 11.8 Å². The van der Waals surface area contributed by atoms with Gasteiger partial charge < -0.3 is 15.5 Å². The average Bonchev–Trinajstić information content (AvgIpc) is 2.72. The van der Waals surface area contributed by atoms with Crippen LogP contribution in [0.1, 0.15) is 48.4 Å². The number of carbonyl (C=O) groups excluding carboxylic acids is 3. The summed E-state index contributed by atoms with van der Waals surface area (Å²) in [4.78, 5) is 39.4. The van der Waals surface area contributed by atoms with Crippen LogP contribution in [-0.2, 0) is 4.79 Å². The van der Waals surface area contributed by atoms with Crippen molar-refractivity contribution in [1.82, 2.24) is 10.2 Å². The minimum atomic E-state index is -1.05. The molecule has 0 saturated carbocycles. The monoisotopic (exact) mass is 431 g/mol. The number of carbonyl (C=O) groups is 3. The summed E-state index contributed by atoms with van der Waals surface area (Å²) in [5.41, 5.74) is 0.0489. The van der Waals surface area contributed by atoms with Crippen LogP contribution in [-0.4, -0.2) is 41.8 Å². The first-order chi connectivity index (χ1) is 14.7. The van der Waals surface area contributed by atoms with Gasteiger partial charge in [0.05, 0.1) is 0 Å². The highest BCUT2D eigenvalue weighted by Gasteiger charge is 2.27. The molecule has 8 heteroatoms. The molecule has 0 aromatic heterocycles. The van der Waals surface area contributed by atoms with Crippen molar-refractivity contribution in [2.24, 2.45) is 5.92 Å². The predicted octanol–water partition coefficient (Wildman–Crippen LogP) is 3.84. The van der Waals surface area contributed by atoms with E-state index in [1.165, 1.54) is 0 Å². The van der Waals surface area contributed by atoms with E-state index in [-0.39, 0.29) is 11.8 Å². The fourth-order valence-electron chi connectivity index (χ4n) is 3.11. The highest BCUT2D eigenvalue weighted by Crippen LogP contribution is 2.16. The number of anilines is 1. The van der Waals surface area contributed by atoms with Crippen molar-refractivity contribution in [3.8, 4) is 0 Å². The maximum absolute atomic E-state index is 13.9. The Labute approximate surface area is 180 Å². The largest absolute Gasteiger partial charge is 0.340 e. The molecular formula is C23H27F2N3O3. The molecule has 2 rings (SSSR count). The summed E-state index contributed by atoms with van der Waals surface area (Å²) < 4.78 is 27.8. The van der Waals surface area contributed by atoms with Gasteiger partial charge >= 0.3 is 0 Å². The third-order valence-electron chi connectivity index (χ3n) is 4.85. The summed E-state index contributed by atoms with van der Waals surface area (Å²) in [7, 11) is 0. The molecule has 0 saturated heterocycles. The third kappa shape index (κ3) is 5.87. The zero-order valence-corrected chi connectivity index (χ0v) is 18.0. The summed E-state index contributed by atoms with van der Waals surface area (Å²) in [5, 5.41) is 5.07. The van der Waals surface area contributed by atoms with E-state index in [1.54, 1.807) is 43.0 Å². The minimum Gasteiger partial charge on any atom is -0.340 e. The number of hydrogen-bond donors (Lipinski definition) is 2. The van der Waals surface area contributed by atoms with E-state index in [0.29, 0.717) is 24.3 Å². The van der Waals surface area contributed by atoms with Gasteiger partial charge in [-0.2, -0.15) is 0 Å². The maximum Gasteiger partial charge on any atom is 0.257 e. The van der Waals surface area contributed by atoms with Crippen LogP contribution < -0.4 is 10.6 Å². The normalized spacial score (nSPS) is 11.7. The number of rotatable bonds is 8. The SMILES string of the molecule is CCN(CC)C(=O)c1cccc(NC(=O)C(NC(=O)c2c(F)cccc2F)C(C)C)c1. The third-order valence-corrected chi connectivity index (χ3v) is 4.85. The second-order valence-corrected chi connectivity index (χ2v) is 7.34.